The number of anilines is 1. The summed E-state index contributed by atoms with van der Waals surface area (Å²) in [6.07, 6.45) is 5.45. The van der Waals surface area contributed by atoms with Gasteiger partial charge in [-0.3, -0.25) is 0 Å². The van der Waals surface area contributed by atoms with Crippen LogP contribution in [-0.2, 0) is 6.54 Å². The van der Waals surface area contributed by atoms with Gasteiger partial charge in [-0.2, -0.15) is 0 Å². The Balaban J connectivity index is 1.85. The molecule has 0 saturated carbocycles. The van der Waals surface area contributed by atoms with E-state index in [1.807, 2.05) is 22.3 Å². The largest absolute Gasteiger partial charge is 0.473 e. The predicted molar refractivity (Wildman–Crippen MR) is 81.9 cm³/mol. The molecule has 0 aliphatic rings. The van der Waals surface area contributed by atoms with E-state index in [-0.39, 0.29) is 0 Å². The van der Waals surface area contributed by atoms with Crippen molar-refractivity contribution in [1.29, 1.82) is 0 Å². The van der Waals surface area contributed by atoms with Gasteiger partial charge in [-0.1, -0.05) is 6.07 Å². The summed E-state index contributed by atoms with van der Waals surface area (Å²) in [5.41, 5.74) is 4.27. The Morgan fingerprint density at radius 1 is 1.29 bits per heavy atom. The number of aryl methyl sites for hydroxylation is 2. The van der Waals surface area contributed by atoms with Crippen LogP contribution in [0.25, 0.3) is 5.52 Å². The SMILES string of the molecule is CNc1c(OCCn2ccnc2)nn2c(C)c(C)ccc12. The summed E-state index contributed by atoms with van der Waals surface area (Å²) >= 11 is 0. The van der Waals surface area contributed by atoms with Gasteiger partial charge in [0.1, 0.15) is 12.3 Å². The van der Waals surface area contributed by atoms with Crippen molar-refractivity contribution < 1.29 is 4.74 Å². The van der Waals surface area contributed by atoms with Crippen molar-refractivity contribution in [2.24, 2.45) is 0 Å². The second-order valence-electron chi connectivity index (χ2n) is 4.98. The number of hydrogen-bond donors (Lipinski definition) is 1. The maximum atomic E-state index is 5.84. The van der Waals surface area contributed by atoms with E-state index in [0.29, 0.717) is 12.5 Å². The fourth-order valence-electron chi connectivity index (χ4n) is 2.31. The molecule has 3 rings (SSSR count). The third kappa shape index (κ3) is 2.44. The van der Waals surface area contributed by atoms with Crippen LogP contribution in [0.15, 0.2) is 30.9 Å². The van der Waals surface area contributed by atoms with Gasteiger partial charge in [-0.25, -0.2) is 9.50 Å². The minimum absolute atomic E-state index is 0.549. The molecule has 3 aromatic heterocycles. The van der Waals surface area contributed by atoms with Crippen molar-refractivity contribution in [3.8, 4) is 5.88 Å². The molecule has 0 radical (unpaired) electrons. The standard InChI is InChI=1S/C15H19N5O/c1-11-4-5-13-14(16-3)15(18-20(13)12(11)2)21-9-8-19-7-6-17-10-19/h4-7,10,16H,8-9H2,1-3H3. The summed E-state index contributed by atoms with van der Waals surface area (Å²) < 4.78 is 9.74. The monoisotopic (exact) mass is 285 g/mol. The highest BCUT2D eigenvalue weighted by Crippen LogP contribution is 2.29. The van der Waals surface area contributed by atoms with Crippen LogP contribution < -0.4 is 10.1 Å². The number of pyridine rings is 1. The van der Waals surface area contributed by atoms with E-state index in [0.717, 1.165) is 23.4 Å². The minimum atomic E-state index is 0.549. The maximum Gasteiger partial charge on any atom is 0.257 e. The van der Waals surface area contributed by atoms with Crippen LogP contribution >= 0.6 is 0 Å². The van der Waals surface area contributed by atoms with Gasteiger partial charge in [0.25, 0.3) is 5.88 Å². The topological polar surface area (TPSA) is 56.4 Å². The number of fused-ring (bicyclic) bond motifs is 1. The van der Waals surface area contributed by atoms with E-state index in [1.54, 1.807) is 12.5 Å². The zero-order valence-corrected chi connectivity index (χ0v) is 12.5. The van der Waals surface area contributed by atoms with Crippen LogP contribution in [0.4, 0.5) is 5.69 Å². The molecule has 0 spiro atoms. The maximum absolute atomic E-state index is 5.84. The Hall–Kier alpha value is -2.50. The van der Waals surface area contributed by atoms with Gasteiger partial charge in [-0.05, 0) is 25.5 Å². The molecular weight excluding hydrogens is 266 g/mol. The van der Waals surface area contributed by atoms with E-state index in [9.17, 15) is 0 Å². The summed E-state index contributed by atoms with van der Waals surface area (Å²) in [6, 6.07) is 4.16. The lowest BCUT2D eigenvalue weighted by atomic mass is 10.2. The highest BCUT2D eigenvalue weighted by Gasteiger charge is 2.14. The third-order valence-electron chi connectivity index (χ3n) is 3.67. The number of hydrogen-bond acceptors (Lipinski definition) is 4. The lowest BCUT2D eigenvalue weighted by Gasteiger charge is -2.05. The van der Waals surface area contributed by atoms with E-state index >= 15 is 0 Å². The average Bonchev–Trinajstić information content (AvgIpc) is 3.10. The minimum Gasteiger partial charge on any atom is -0.473 e. The summed E-state index contributed by atoms with van der Waals surface area (Å²) in [4.78, 5) is 4.01. The molecule has 6 heteroatoms. The number of imidazole rings is 1. The number of rotatable bonds is 5. The molecule has 0 saturated heterocycles. The second kappa shape index (κ2) is 5.47. The molecule has 1 N–H and O–H groups in total. The first-order valence-corrected chi connectivity index (χ1v) is 6.96. The Kier molecular flexibility index (Phi) is 3.51. The smallest absolute Gasteiger partial charge is 0.257 e. The van der Waals surface area contributed by atoms with Crippen molar-refractivity contribution in [3.63, 3.8) is 0 Å². The van der Waals surface area contributed by atoms with Crippen LogP contribution in [0, 0.1) is 13.8 Å². The molecule has 6 nitrogen and oxygen atoms in total. The molecule has 0 aliphatic heterocycles. The van der Waals surface area contributed by atoms with Crippen molar-refractivity contribution in [3.05, 3.63) is 42.1 Å². The normalized spacial score (nSPS) is 11.0. The van der Waals surface area contributed by atoms with Gasteiger partial charge in [-0.15, -0.1) is 5.10 Å². The van der Waals surface area contributed by atoms with E-state index in [1.165, 1.54) is 5.56 Å². The third-order valence-corrected chi connectivity index (χ3v) is 3.67. The average molecular weight is 285 g/mol. The van der Waals surface area contributed by atoms with E-state index in [4.69, 9.17) is 4.74 Å². The van der Waals surface area contributed by atoms with Crippen molar-refractivity contribution in [1.82, 2.24) is 19.2 Å². The summed E-state index contributed by atoms with van der Waals surface area (Å²) in [7, 11) is 1.88. The van der Waals surface area contributed by atoms with E-state index in [2.05, 4.69) is 41.4 Å². The molecule has 0 unspecified atom stereocenters. The molecular formula is C15H19N5O. The van der Waals surface area contributed by atoms with Crippen LogP contribution in [-0.4, -0.2) is 32.8 Å². The Labute approximate surface area is 123 Å². The van der Waals surface area contributed by atoms with Crippen LogP contribution in [0.1, 0.15) is 11.3 Å². The zero-order chi connectivity index (χ0) is 14.8. The van der Waals surface area contributed by atoms with Crippen molar-refractivity contribution >= 4 is 11.2 Å². The van der Waals surface area contributed by atoms with E-state index < -0.39 is 0 Å². The first-order chi connectivity index (χ1) is 10.2. The number of nitrogens with zero attached hydrogens (tertiary/aromatic N) is 4. The lowest BCUT2D eigenvalue weighted by Crippen LogP contribution is -2.07. The van der Waals surface area contributed by atoms with Gasteiger partial charge < -0.3 is 14.6 Å². The molecule has 0 aromatic carbocycles. The molecule has 0 atom stereocenters. The number of nitrogens with one attached hydrogen (secondary N) is 1. The van der Waals surface area contributed by atoms with Crippen molar-refractivity contribution in [2.75, 3.05) is 19.0 Å². The van der Waals surface area contributed by atoms with Gasteiger partial charge in [0.2, 0.25) is 0 Å². The fraction of sp³-hybridized carbons (Fsp3) is 0.333. The van der Waals surface area contributed by atoms with Gasteiger partial charge >= 0.3 is 0 Å². The van der Waals surface area contributed by atoms with Crippen LogP contribution in [0.2, 0.25) is 0 Å². The Bertz CT molecular complexity index is 745. The molecule has 0 amide bonds. The Morgan fingerprint density at radius 2 is 2.14 bits per heavy atom. The summed E-state index contributed by atoms with van der Waals surface area (Å²) in [6.45, 7) is 5.43. The molecule has 0 bridgehead atoms. The number of ether oxygens (including phenoxy) is 1. The first-order valence-electron chi connectivity index (χ1n) is 6.96. The van der Waals surface area contributed by atoms with Gasteiger partial charge in [0.15, 0.2) is 0 Å². The van der Waals surface area contributed by atoms with Crippen molar-refractivity contribution in [2.45, 2.75) is 20.4 Å². The second-order valence-corrected chi connectivity index (χ2v) is 4.98. The van der Waals surface area contributed by atoms with Gasteiger partial charge in [0, 0.05) is 25.1 Å². The molecule has 110 valence electrons. The van der Waals surface area contributed by atoms with Crippen LogP contribution in [0.3, 0.4) is 0 Å². The summed E-state index contributed by atoms with van der Waals surface area (Å²) in [5.74, 6) is 0.631. The molecule has 3 heterocycles. The lowest BCUT2D eigenvalue weighted by molar-refractivity contribution is 0.287. The molecule has 3 aromatic rings. The number of aromatic nitrogens is 4. The first kappa shape index (κ1) is 13.5. The summed E-state index contributed by atoms with van der Waals surface area (Å²) in [5, 5.41) is 7.75. The highest BCUT2D eigenvalue weighted by atomic mass is 16.5. The Morgan fingerprint density at radius 3 is 2.86 bits per heavy atom. The quantitative estimate of drug-likeness (QED) is 0.781. The predicted octanol–water partition coefficient (Wildman–Crippen LogP) is 2.27. The molecule has 0 fully saturated rings. The highest BCUT2D eigenvalue weighted by molar-refractivity contribution is 5.77. The zero-order valence-electron chi connectivity index (χ0n) is 12.5. The molecule has 21 heavy (non-hydrogen) atoms. The van der Waals surface area contributed by atoms with Crippen LogP contribution in [0.5, 0.6) is 5.88 Å². The molecule has 0 aliphatic carbocycles. The van der Waals surface area contributed by atoms with Gasteiger partial charge in [0.05, 0.1) is 18.4 Å². The fourth-order valence-corrected chi connectivity index (χ4v) is 2.31.